The van der Waals surface area contributed by atoms with Gasteiger partial charge in [0.1, 0.15) is 6.04 Å². The van der Waals surface area contributed by atoms with Gasteiger partial charge >= 0.3 is 5.97 Å². The number of amides is 1. The number of likely N-dealkylation sites (N-methyl/N-ethyl adjacent to an activating group) is 1. The van der Waals surface area contributed by atoms with Gasteiger partial charge in [-0.2, -0.15) is 0 Å². The Balaban J connectivity index is 2.40. The van der Waals surface area contributed by atoms with Crippen LogP contribution in [0.3, 0.4) is 0 Å². The van der Waals surface area contributed by atoms with Gasteiger partial charge in [-0.25, -0.2) is 0 Å². The van der Waals surface area contributed by atoms with E-state index in [4.69, 9.17) is 16.7 Å². The molecule has 5 nitrogen and oxygen atoms in total. The van der Waals surface area contributed by atoms with Crippen LogP contribution in [0.1, 0.15) is 6.42 Å². The summed E-state index contributed by atoms with van der Waals surface area (Å²) in [4.78, 5) is 24.1. The molecule has 0 aliphatic carbocycles. The van der Waals surface area contributed by atoms with Crippen molar-refractivity contribution in [1.82, 2.24) is 0 Å². The normalized spacial score (nSPS) is 18.6. The van der Waals surface area contributed by atoms with E-state index in [1.165, 1.54) is 0 Å². The number of para-hydroxylation sites is 1. The highest BCUT2D eigenvalue weighted by Gasteiger charge is 2.33. The van der Waals surface area contributed by atoms with Gasteiger partial charge in [0.25, 0.3) is 0 Å². The molecule has 0 saturated heterocycles. The van der Waals surface area contributed by atoms with Gasteiger partial charge in [-0.3, -0.25) is 9.59 Å². The molecule has 0 fully saturated rings. The first kappa shape index (κ1) is 11.7. The summed E-state index contributed by atoms with van der Waals surface area (Å²) < 4.78 is 0. The van der Waals surface area contributed by atoms with E-state index in [0.717, 1.165) is 5.69 Å². The van der Waals surface area contributed by atoms with Crippen LogP contribution >= 0.6 is 11.6 Å². The van der Waals surface area contributed by atoms with Crippen molar-refractivity contribution in [1.29, 1.82) is 0 Å². The highest BCUT2D eigenvalue weighted by atomic mass is 35.5. The minimum Gasteiger partial charge on any atom is -0.481 e. The largest absolute Gasteiger partial charge is 0.481 e. The molecule has 2 N–H and O–H groups in total. The average molecular weight is 255 g/mol. The number of anilines is 2. The first-order chi connectivity index (χ1) is 8.00. The predicted octanol–water partition coefficient (Wildman–Crippen LogP) is 1.57. The lowest BCUT2D eigenvalue weighted by Crippen LogP contribution is -2.47. The number of benzene rings is 1. The summed E-state index contributed by atoms with van der Waals surface area (Å²) >= 11 is 5.97. The maximum atomic E-state index is 11.8. The standard InChI is InChI=1S/C11H11ClN2O3/c1-14-7-4-2-3-6(12)10(7)13-11(17)8(14)5-9(15)16/h2-4,8H,5H2,1H3,(H,13,17)(H,15,16). The summed E-state index contributed by atoms with van der Waals surface area (Å²) in [6, 6.07) is 4.51. The van der Waals surface area contributed by atoms with E-state index in [9.17, 15) is 9.59 Å². The summed E-state index contributed by atoms with van der Waals surface area (Å²) in [5, 5.41) is 11.9. The molecular formula is C11H11ClN2O3. The first-order valence-corrected chi connectivity index (χ1v) is 5.42. The van der Waals surface area contributed by atoms with E-state index >= 15 is 0 Å². The van der Waals surface area contributed by atoms with Gasteiger partial charge in [0.2, 0.25) is 5.91 Å². The lowest BCUT2D eigenvalue weighted by molar-refractivity contribution is -0.138. The molecule has 6 heteroatoms. The van der Waals surface area contributed by atoms with E-state index < -0.39 is 12.0 Å². The number of hydrogen-bond donors (Lipinski definition) is 2. The summed E-state index contributed by atoms with van der Waals surface area (Å²) in [7, 11) is 1.68. The molecule has 0 saturated carbocycles. The van der Waals surface area contributed by atoms with Crippen LogP contribution in [0.15, 0.2) is 18.2 Å². The zero-order chi connectivity index (χ0) is 12.6. The molecule has 1 heterocycles. The van der Waals surface area contributed by atoms with Gasteiger partial charge in [-0.05, 0) is 12.1 Å². The van der Waals surface area contributed by atoms with Crippen LogP contribution in [0.5, 0.6) is 0 Å². The van der Waals surface area contributed by atoms with Crippen LogP contribution in [0, 0.1) is 0 Å². The SMILES string of the molecule is CN1c2cccc(Cl)c2NC(=O)C1CC(=O)O. The number of fused-ring (bicyclic) bond motifs is 1. The Hall–Kier alpha value is -1.75. The molecular weight excluding hydrogens is 244 g/mol. The third kappa shape index (κ3) is 2.06. The monoisotopic (exact) mass is 254 g/mol. The Morgan fingerprint density at radius 2 is 2.29 bits per heavy atom. The fourth-order valence-corrected chi connectivity index (χ4v) is 2.09. The smallest absolute Gasteiger partial charge is 0.305 e. The third-order valence-corrected chi connectivity index (χ3v) is 3.07. The molecule has 0 radical (unpaired) electrons. The number of carboxylic acids is 1. The Morgan fingerprint density at radius 3 is 2.94 bits per heavy atom. The quantitative estimate of drug-likeness (QED) is 0.841. The number of aliphatic carboxylic acids is 1. The Labute approximate surface area is 103 Å². The summed E-state index contributed by atoms with van der Waals surface area (Å²) in [6.07, 6.45) is -0.242. The third-order valence-electron chi connectivity index (χ3n) is 2.76. The van der Waals surface area contributed by atoms with E-state index in [-0.39, 0.29) is 12.3 Å². The average Bonchev–Trinajstić information content (AvgIpc) is 2.26. The second-order valence-corrected chi connectivity index (χ2v) is 4.25. The summed E-state index contributed by atoms with van der Waals surface area (Å²) in [5.41, 5.74) is 1.26. The molecule has 1 aliphatic rings. The van der Waals surface area contributed by atoms with Gasteiger partial charge in [0.15, 0.2) is 0 Å². The fraction of sp³-hybridized carbons (Fsp3) is 0.273. The van der Waals surface area contributed by atoms with Gasteiger partial charge < -0.3 is 15.3 Å². The van der Waals surface area contributed by atoms with E-state index in [2.05, 4.69) is 5.32 Å². The van der Waals surface area contributed by atoms with Crippen LogP contribution in [0.4, 0.5) is 11.4 Å². The van der Waals surface area contributed by atoms with Crippen LogP contribution < -0.4 is 10.2 Å². The molecule has 1 aromatic carbocycles. The van der Waals surface area contributed by atoms with E-state index in [0.29, 0.717) is 10.7 Å². The molecule has 1 unspecified atom stereocenters. The van der Waals surface area contributed by atoms with Crippen molar-refractivity contribution in [3.05, 3.63) is 23.2 Å². The van der Waals surface area contributed by atoms with Crippen LogP contribution in [-0.2, 0) is 9.59 Å². The Kier molecular flexibility index (Phi) is 2.93. The summed E-state index contributed by atoms with van der Waals surface area (Å²) in [6.45, 7) is 0. The lowest BCUT2D eigenvalue weighted by atomic mass is 10.1. The van der Waals surface area contributed by atoms with Gasteiger partial charge in [-0.1, -0.05) is 17.7 Å². The molecule has 0 spiro atoms. The zero-order valence-corrected chi connectivity index (χ0v) is 9.86. The molecule has 1 aromatic rings. The minimum absolute atomic E-state index is 0.242. The van der Waals surface area contributed by atoms with Gasteiger partial charge in [0, 0.05) is 7.05 Å². The molecule has 1 amide bonds. The minimum atomic E-state index is -1.01. The number of nitrogens with zero attached hydrogens (tertiary/aromatic N) is 1. The maximum absolute atomic E-state index is 11.8. The highest BCUT2D eigenvalue weighted by Crippen LogP contribution is 2.37. The number of hydrogen-bond acceptors (Lipinski definition) is 3. The van der Waals surface area contributed by atoms with Gasteiger partial charge in [0.05, 0.1) is 22.8 Å². The van der Waals surface area contributed by atoms with Crippen molar-refractivity contribution in [2.75, 3.05) is 17.3 Å². The predicted molar refractivity (Wildman–Crippen MR) is 64.5 cm³/mol. The molecule has 90 valence electrons. The lowest BCUT2D eigenvalue weighted by Gasteiger charge is -2.34. The first-order valence-electron chi connectivity index (χ1n) is 5.04. The maximum Gasteiger partial charge on any atom is 0.305 e. The number of nitrogens with one attached hydrogen (secondary N) is 1. The van der Waals surface area contributed by atoms with Crippen molar-refractivity contribution in [3.63, 3.8) is 0 Å². The van der Waals surface area contributed by atoms with Crippen molar-refractivity contribution in [2.24, 2.45) is 0 Å². The van der Waals surface area contributed by atoms with Crippen molar-refractivity contribution < 1.29 is 14.7 Å². The molecule has 1 atom stereocenters. The topological polar surface area (TPSA) is 69.6 Å². The zero-order valence-electron chi connectivity index (χ0n) is 9.11. The van der Waals surface area contributed by atoms with Crippen molar-refractivity contribution in [2.45, 2.75) is 12.5 Å². The number of rotatable bonds is 2. The Bertz CT molecular complexity index is 490. The number of carbonyl (C=O) groups is 2. The molecule has 0 aromatic heterocycles. The Morgan fingerprint density at radius 1 is 1.59 bits per heavy atom. The van der Waals surface area contributed by atoms with Gasteiger partial charge in [-0.15, -0.1) is 0 Å². The van der Waals surface area contributed by atoms with E-state index in [1.54, 1.807) is 30.1 Å². The van der Waals surface area contributed by atoms with Crippen molar-refractivity contribution >= 4 is 34.9 Å². The van der Waals surface area contributed by atoms with Crippen LogP contribution in [0.25, 0.3) is 0 Å². The highest BCUT2D eigenvalue weighted by molar-refractivity contribution is 6.35. The number of carbonyl (C=O) groups excluding carboxylic acids is 1. The van der Waals surface area contributed by atoms with Crippen LogP contribution in [-0.4, -0.2) is 30.1 Å². The summed E-state index contributed by atoms with van der Waals surface area (Å²) in [5.74, 6) is -1.36. The second kappa shape index (κ2) is 4.25. The molecule has 0 bridgehead atoms. The van der Waals surface area contributed by atoms with Crippen LogP contribution in [0.2, 0.25) is 5.02 Å². The molecule has 2 rings (SSSR count). The second-order valence-electron chi connectivity index (χ2n) is 3.85. The van der Waals surface area contributed by atoms with E-state index in [1.807, 2.05) is 0 Å². The number of carboxylic acid groups (broad SMARTS) is 1. The fourth-order valence-electron chi connectivity index (χ4n) is 1.88. The van der Waals surface area contributed by atoms with Crippen molar-refractivity contribution in [3.8, 4) is 0 Å². The molecule has 1 aliphatic heterocycles. The number of halogens is 1. The molecule has 17 heavy (non-hydrogen) atoms.